The first-order valence-electron chi connectivity index (χ1n) is 13.8. The van der Waals surface area contributed by atoms with Gasteiger partial charge in [0.05, 0.1) is 11.7 Å². The molecule has 0 saturated heterocycles. The van der Waals surface area contributed by atoms with Crippen molar-refractivity contribution in [1.82, 2.24) is 0 Å². The summed E-state index contributed by atoms with van der Waals surface area (Å²) in [5.74, 6) is 3.54. The van der Waals surface area contributed by atoms with Gasteiger partial charge < -0.3 is 15.9 Å². The lowest BCUT2D eigenvalue weighted by molar-refractivity contribution is -0.0510. The number of hydrogen-bond acceptors (Lipinski definition) is 3. The highest BCUT2D eigenvalue weighted by atomic mass is 16.3. The molecule has 3 fully saturated rings. The van der Waals surface area contributed by atoms with Crippen LogP contribution in [-0.4, -0.2) is 29.0 Å². The molecule has 4 aliphatic rings. The van der Waals surface area contributed by atoms with E-state index in [9.17, 15) is 10.2 Å². The molecule has 0 radical (unpaired) electrons. The van der Waals surface area contributed by atoms with Gasteiger partial charge >= 0.3 is 0 Å². The SMILES string of the molecule is CC.CC(C)(O)CCCCC1CCC2C3CC=C4CC(O)CCC4(C)C3CCC12C.CN. The van der Waals surface area contributed by atoms with Gasteiger partial charge in [-0.3, -0.25) is 0 Å². The average Bonchev–Trinajstić information content (AvgIpc) is 3.10. The van der Waals surface area contributed by atoms with Crippen LogP contribution >= 0.6 is 0 Å². The number of allylic oxidation sites excluding steroid dienone is 1. The van der Waals surface area contributed by atoms with Crippen LogP contribution in [0.25, 0.3) is 0 Å². The molecule has 0 aliphatic heterocycles. The molecule has 0 spiro atoms. The van der Waals surface area contributed by atoms with Crippen LogP contribution < -0.4 is 5.73 Å². The lowest BCUT2D eigenvalue weighted by Gasteiger charge is -2.58. The second-order valence-electron chi connectivity index (χ2n) is 12.0. The summed E-state index contributed by atoms with van der Waals surface area (Å²) >= 11 is 0. The second-order valence-corrected chi connectivity index (χ2v) is 12.0. The third kappa shape index (κ3) is 5.63. The van der Waals surface area contributed by atoms with Gasteiger partial charge in [0.1, 0.15) is 0 Å². The van der Waals surface area contributed by atoms with E-state index >= 15 is 0 Å². The minimum absolute atomic E-state index is 0.0931. The van der Waals surface area contributed by atoms with E-state index in [0.717, 1.165) is 42.9 Å². The van der Waals surface area contributed by atoms with Crippen LogP contribution in [0.1, 0.15) is 119 Å². The summed E-state index contributed by atoms with van der Waals surface area (Å²) in [6.07, 6.45) is 17.3. The number of nitrogens with two attached hydrogens (primary N) is 1. The Hall–Kier alpha value is -0.380. The molecule has 0 bridgehead atoms. The molecule has 0 aromatic heterocycles. The van der Waals surface area contributed by atoms with E-state index in [1.807, 2.05) is 27.7 Å². The Bertz CT molecular complexity index is 609. The molecule has 4 N–H and O–H groups in total. The van der Waals surface area contributed by atoms with Crippen LogP contribution in [0, 0.1) is 34.5 Å². The van der Waals surface area contributed by atoms with Crippen LogP contribution in [0.3, 0.4) is 0 Å². The monoisotopic (exact) mass is 449 g/mol. The van der Waals surface area contributed by atoms with Gasteiger partial charge in [0.15, 0.2) is 0 Å². The Morgan fingerprint density at radius 2 is 1.69 bits per heavy atom. The van der Waals surface area contributed by atoms with Gasteiger partial charge in [0, 0.05) is 0 Å². The van der Waals surface area contributed by atoms with Crippen molar-refractivity contribution in [1.29, 1.82) is 0 Å². The minimum atomic E-state index is -0.505. The molecule has 0 aromatic rings. The largest absolute Gasteiger partial charge is 0.393 e. The molecule has 188 valence electrons. The normalized spacial score (nSPS) is 40.4. The Morgan fingerprint density at radius 1 is 1.00 bits per heavy atom. The smallest absolute Gasteiger partial charge is 0.0591 e. The summed E-state index contributed by atoms with van der Waals surface area (Å²) < 4.78 is 0. The molecule has 3 heteroatoms. The van der Waals surface area contributed by atoms with Crippen molar-refractivity contribution in [3.05, 3.63) is 11.6 Å². The summed E-state index contributed by atoms with van der Waals surface area (Å²) in [5.41, 5.74) is 6.51. The summed E-state index contributed by atoms with van der Waals surface area (Å²) in [6, 6.07) is 0. The van der Waals surface area contributed by atoms with E-state index in [1.165, 1.54) is 64.8 Å². The highest BCUT2D eigenvalue weighted by Gasteiger charge is 2.58. The number of rotatable bonds is 5. The van der Waals surface area contributed by atoms with E-state index in [2.05, 4.69) is 25.7 Å². The predicted octanol–water partition coefficient (Wildman–Crippen LogP) is 6.86. The average molecular weight is 450 g/mol. The van der Waals surface area contributed by atoms with Gasteiger partial charge in [0.25, 0.3) is 0 Å². The fraction of sp³-hybridized carbons (Fsp3) is 0.931. The standard InChI is InChI=1S/C26H44O2.C2H6.CH5N/c1-24(2,28)14-6-5-7-18-9-11-22-21-10-8-19-17-20(27)12-15-26(19,4)23(21)13-16-25(18,22)3;2*1-2/h8,18,20-23,27-28H,5-7,9-17H2,1-4H3;1-2H3;2H2,1H3. The first-order valence-corrected chi connectivity index (χ1v) is 13.8. The summed E-state index contributed by atoms with van der Waals surface area (Å²) in [5, 5.41) is 20.2. The zero-order valence-electron chi connectivity index (χ0n) is 22.4. The lowest BCUT2D eigenvalue weighted by atomic mass is 9.47. The molecule has 4 rings (SSSR count). The topological polar surface area (TPSA) is 66.5 Å². The molecular weight excluding hydrogens is 394 g/mol. The van der Waals surface area contributed by atoms with Crippen molar-refractivity contribution in [3.8, 4) is 0 Å². The molecule has 0 amide bonds. The molecule has 7 atom stereocenters. The summed E-state index contributed by atoms with van der Waals surface area (Å²) in [7, 11) is 1.50. The molecule has 7 unspecified atom stereocenters. The maximum atomic E-state index is 10.2. The lowest BCUT2D eigenvalue weighted by Crippen LogP contribution is -2.50. The van der Waals surface area contributed by atoms with E-state index in [4.69, 9.17) is 0 Å². The Labute approximate surface area is 199 Å². The van der Waals surface area contributed by atoms with Crippen molar-refractivity contribution in [3.63, 3.8) is 0 Å². The number of fused-ring (bicyclic) bond motifs is 5. The third-order valence-corrected chi connectivity index (χ3v) is 9.87. The highest BCUT2D eigenvalue weighted by molar-refractivity contribution is 5.25. The van der Waals surface area contributed by atoms with Crippen molar-refractivity contribution in [2.24, 2.45) is 40.2 Å². The first kappa shape index (κ1) is 27.9. The van der Waals surface area contributed by atoms with Gasteiger partial charge in [-0.25, -0.2) is 0 Å². The molecule has 32 heavy (non-hydrogen) atoms. The highest BCUT2D eigenvalue weighted by Crippen LogP contribution is 2.66. The summed E-state index contributed by atoms with van der Waals surface area (Å²) in [4.78, 5) is 0. The molecule has 3 saturated carbocycles. The second kappa shape index (κ2) is 11.4. The van der Waals surface area contributed by atoms with E-state index in [1.54, 1.807) is 5.57 Å². The van der Waals surface area contributed by atoms with Gasteiger partial charge in [0.2, 0.25) is 0 Å². The van der Waals surface area contributed by atoms with Crippen molar-refractivity contribution in [2.75, 3.05) is 7.05 Å². The Morgan fingerprint density at radius 3 is 2.34 bits per heavy atom. The van der Waals surface area contributed by atoms with Gasteiger partial charge in [-0.05, 0) is 120 Å². The number of unbranched alkanes of at least 4 members (excludes halogenated alkanes) is 1. The van der Waals surface area contributed by atoms with Crippen molar-refractivity contribution < 1.29 is 10.2 Å². The summed E-state index contributed by atoms with van der Waals surface area (Å²) in [6.45, 7) is 13.1. The Balaban J connectivity index is 0.000000860. The van der Waals surface area contributed by atoms with E-state index in [-0.39, 0.29) is 6.10 Å². The molecule has 3 nitrogen and oxygen atoms in total. The number of aliphatic hydroxyl groups is 2. The fourth-order valence-electron chi connectivity index (χ4n) is 8.17. The van der Waals surface area contributed by atoms with Crippen LogP contribution in [0.2, 0.25) is 0 Å². The maximum Gasteiger partial charge on any atom is 0.0591 e. The van der Waals surface area contributed by atoms with Crippen molar-refractivity contribution in [2.45, 2.75) is 130 Å². The molecule has 4 aliphatic carbocycles. The zero-order valence-corrected chi connectivity index (χ0v) is 22.4. The molecule has 0 heterocycles. The van der Waals surface area contributed by atoms with E-state index < -0.39 is 5.60 Å². The number of hydrogen-bond donors (Lipinski definition) is 3. The first-order chi connectivity index (χ1) is 15.1. The molecular formula is C29H55NO2. The van der Waals surface area contributed by atoms with Gasteiger partial charge in [-0.1, -0.05) is 52.2 Å². The predicted molar refractivity (Wildman–Crippen MR) is 137 cm³/mol. The fourth-order valence-corrected chi connectivity index (χ4v) is 8.17. The molecule has 0 aromatic carbocycles. The maximum absolute atomic E-state index is 10.2. The van der Waals surface area contributed by atoms with Gasteiger partial charge in [-0.2, -0.15) is 0 Å². The van der Waals surface area contributed by atoms with Crippen LogP contribution in [0.4, 0.5) is 0 Å². The Kier molecular flexibility index (Phi) is 9.89. The quantitative estimate of drug-likeness (QED) is 0.317. The van der Waals surface area contributed by atoms with E-state index in [0.29, 0.717) is 10.8 Å². The number of aliphatic hydroxyl groups excluding tert-OH is 1. The minimum Gasteiger partial charge on any atom is -0.393 e. The zero-order chi connectivity index (χ0) is 24.2. The van der Waals surface area contributed by atoms with Crippen molar-refractivity contribution >= 4 is 0 Å². The van der Waals surface area contributed by atoms with Crippen LogP contribution in [0.5, 0.6) is 0 Å². The third-order valence-electron chi connectivity index (χ3n) is 9.87. The van der Waals surface area contributed by atoms with Crippen LogP contribution in [0.15, 0.2) is 11.6 Å². The van der Waals surface area contributed by atoms with Gasteiger partial charge in [-0.15, -0.1) is 0 Å². The van der Waals surface area contributed by atoms with Crippen LogP contribution in [-0.2, 0) is 0 Å².